The molecule has 0 saturated carbocycles. The molecule has 142 valence electrons. The Morgan fingerprint density at radius 3 is 2.23 bits per heavy atom. The van der Waals surface area contributed by atoms with E-state index in [4.69, 9.17) is 24.8 Å². The standard InChI is InChI=1S/C17H24N2S.C2H2O4/c1-12(2)16-13(3)14-8-6-7-9-15(14)18-17(16)20-11-10-19(4)5;3-1(4)2(5)6/h6-9,12H,10-11H2,1-5H3;(H,3,4)(H,5,6). The largest absolute Gasteiger partial charge is 0.473 e. The maximum Gasteiger partial charge on any atom is 0.414 e. The number of rotatable bonds is 5. The molecule has 0 aliphatic heterocycles. The number of para-hydroxylation sites is 1. The van der Waals surface area contributed by atoms with E-state index in [1.165, 1.54) is 21.5 Å². The van der Waals surface area contributed by atoms with E-state index in [2.05, 4.69) is 64.0 Å². The third kappa shape index (κ3) is 6.31. The van der Waals surface area contributed by atoms with Crippen LogP contribution in [-0.4, -0.2) is 58.4 Å². The highest BCUT2D eigenvalue weighted by atomic mass is 32.2. The number of carboxylic acids is 2. The molecule has 0 spiro atoms. The van der Waals surface area contributed by atoms with Gasteiger partial charge in [0.1, 0.15) is 5.03 Å². The molecular weight excluding hydrogens is 352 g/mol. The van der Waals surface area contributed by atoms with Gasteiger partial charge in [-0.05, 0) is 44.1 Å². The van der Waals surface area contributed by atoms with Crippen molar-refractivity contribution in [1.82, 2.24) is 9.88 Å². The van der Waals surface area contributed by atoms with Gasteiger partial charge >= 0.3 is 11.9 Å². The van der Waals surface area contributed by atoms with Crippen molar-refractivity contribution in [3.05, 3.63) is 35.4 Å². The van der Waals surface area contributed by atoms with Gasteiger partial charge in [-0.3, -0.25) is 0 Å². The normalized spacial score (nSPS) is 10.7. The summed E-state index contributed by atoms with van der Waals surface area (Å²) in [7, 11) is 4.23. The summed E-state index contributed by atoms with van der Waals surface area (Å²) in [5, 5.41) is 17.3. The number of aryl methyl sites for hydroxylation is 1. The van der Waals surface area contributed by atoms with Crippen molar-refractivity contribution in [2.75, 3.05) is 26.4 Å². The summed E-state index contributed by atoms with van der Waals surface area (Å²) >= 11 is 1.88. The van der Waals surface area contributed by atoms with Gasteiger partial charge in [0.2, 0.25) is 0 Å². The van der Waals surface area contributed by atoms with Crippen LogP contribution >= 0.6 is 11.8 Å². The molecule has 0 saturated heterocycles. The van der Waals surface area contributed by atoms with Crippen LogP contribution in [0.15, 0.2) is 29.3 Å². The average Bonchev–Trinajstić information content (AvgIpc) is 2.54. The summed E-state index contributed by atoms with van der Waals surface area (Å²) in [5.74, 6) is -2.06. The number of hydrogen-bond donors (Lipinski definition) is 2. The molecule has 1 heterocycles. The predicted octanol–water partition coefficient (Wildman–Crippen LogP) is 3.48. The minimum absolute atomic E-state index is 0.508. The summed E-state index contributed by atoms with van der Waals surface area (Å²) in [6, 6.07) is 8.46. The summed E-state index contributed by atoms with van der Waals surface area (Å²) in [4.78, 5) is 25.3. The van der Waals surface area contributed by atoms with Crippen LogP contribution in [0.5, 0.6) is 0 Å². The Bertz CT molecular complexity index is 763. The molecule has 7 heteroatoms. The Labute approximate surface area is 158 Å². The number of aromatic nitrogens is 1. The Morgan fingerprint density at radius 1 is 1.15 bits per heavy atom. The number of carboxylic acid groups (broad SMARTS) is 2. The van der Waals surface area contributed by atoms with E-state index in [-0.39, 0.29) is 0 Å². The second kappa shape index (κ2) is 10.1. The van der Waals surface area contributed by atoms with E-state index in [9.17, 15) is 0 Å². The topological polar surface area (TPSA) is 90.7 Å². The van der Waals surface area contributed by atoms with Gasteiger partial charge in [-0.1, -0.05) is 32.0 Å². The lowest BCUT2D eigenvalue weighted by Gasteiger charge is -2.17. The number of fused-ring (bicyclic) bond motifs is 1. The molecule has 2 N–H and O–H groups in total. The molecule has 26 heavy (non-hydrogen) atoms. The highest BCUT2D eigenvalue weighted by molar-refractivity contribution is 7.99. The maximum absolute atomic E-state index is 9.10. The van der Waals surface area contributed by atoms with Crippen LogP contribution in [0.1, 0.15) is 30.9 Å². The number of pyridine rings is 1. The molecule has 2 rings (SSSR count). The lowest BCUT2D eigenvalue weighted by molar-refractivity contribution is -0.159. The number of benzene rings is 1. The van der Waals surface area contributed by atoms with Gasteiger partial charge in [0.15, 0.2) is 0 Å². The Balaban J connectivity index is 0.000000487. The van der Waals surface area contributed by atoms with Crippen molar-refractivity contribution in [2.24, 2.45) is 0 Å². The number of carbonyl (C=O) groups is 2. The molecule has 0 aliphatic rings. The van der Waals surface area contributed by atoms with E-state index < -0.39 is 11.9 Å². The molecule has 0 aliphatic carbocycles. The summed E-state index contributed by atoms with van der Waals surface area (Å²) < 4.78 is 0. The minimum atomic E-state index is -1.82. The summed E-state index contributed by atoms with van der Waals surface area (Å²) in [6.45, 7) is 7.83. The van der Waals surface area contributed by atoms with Crippen molar-refractivity contribution in [1.29, 1.82) is 0 Å². The third-order valence-corrected chi connectivity index (χ3v) is 4.67. The van der Waals surface area contributed by atoms with Gasteiger partial charge in [-0.25, -0.2) is 14.6 Å². The van der Waals surface area contributed by atoms with Gasteiger partial charge < -0.3 is 15.1 Å². The molecule has 0 unspecified atom stereocenters. The van der Waals surface area contributed by atoms with Crippen molar-refractivity contribution in [3.8, 4) is 0 Å². The molecule has 1 aromatic heterocycles. The first-order valence-corrected chi connectivity index (χ1v) is 9.26. The Kier molecular flexibility index (Phi) is 8.54. The van der Waals surface area contributed by atoms with Crippen LogP contribution < -0.4 is 0 Å². The van der Waals surface area contributed by atoms with E-state index in [1.54, 1.807) is 0 Å². The zero-order valence-electron chi connectivity index (χ0n) is 15.8. The van der Waals surface area contributed by atoms with Crippen LogP contribution in [0.4, 0.5) is 0 Å². The second-order valence-electron chi connectivity index (χ2n) is 6.39. The molecular formula is C19H26N2O4S. The van der Waals surface area contributed by atoms with Crippen LogP contribution in [0.25, 0.3) is 10.9 Å². The molecule has 0 bridgehead atoms. The molecule has 0 atom stereocenters. The van der Waals surface area contributed by atoms with E-state index in [0.717, 1.165) is 17.8 Å². The van der Waals surface area contributed by atoms with Gasteiger partial charge in [-0.2, -0.15) is 0 Å². The first-order chi connectivity index (χ1) is 12.1. The van der Waals surface area contributed by atoms with Gasteiger partial charge in [0.25, 0.3) is 0 Å². The molecule has 0 amide bonds. The van der Waals surface area contributed by atoms with Gasteiger partial charge in [-0.15, -0.1) is 11.8 Å². The first-order valence-electron chi connectivity index (χ1n) is 8.28. The van der Waals surface area contributed by atoms with Crippen molar-refractivity contribution in [3.63, 3.8) is 0 Å². The van der Waals surface area contributed by atoms with Crippen LogP contribution in [0.2, 0.25) is 0 Å². The number of aliphatic carboxylic acids is 2. The highest BCUT2D eigenvalue weighted by Crippen LogP contribution is 2.33. The smallest absolute Gasteiger partial charge is 0.414 e. The van der Waals surface area contributed by atoms with Crippen molar-refractivity contribution in [2.45, 2.75) is 31.7 Å². The minimum Gasteiger partial charge on any atom is -0.473 e. The summed E-state index contributed by atoms with van der Waals surface area (Å²) in [6.07, 6.45) is 0. The lowest BCUT2D eigenvalue weighted by atomic mass is 9.97. The number of thioether (sulfide) groups is 1. The molecule has 2 aromatic rings. The van der Waals surface area contributed by atoms with Crippen LogP contribution in [0.3, 0.4) is 0 Å². The van der Waals surface area contributed by atoms with Crippen LogP contribution in [0, 0.1) is 6.92 Å². The number of hydrogen-bond acceptors (Lipinski definition) is 5. The molecule has 0 fully saturated rings. The molecule has 1 aromatic carbocycles. The fourth-order valence-corrected chi connectivity index (χ4v) is 3.84. The highest BCUT2D eigenvalue weighted by Gasteiger charge is 2.15. The SMILES string of the molecule is Cc1c(C(C)C)c(SCCN(C)C)nc2ccccc12.O=C(O)C(=O)O. The van der Waals surface area contributed by atoms with Crippen LogP contribution in [-0.2, 0) is 9.59 Å². The van der Waals surface area contributed by atoms with Crippen molar-refractivity contribution < 1.29 is 19.8 Å². The quantitative estimate of drug-likeness (QED) is 0.608. The zero-order chi connectivity index (χ0) is 19.9. The third-order valence-electron chi connectivity index (χ3n) is 3.70. The van der Waals surface area contributed by atoms with E-state index in [0.29, 0.717) is 5.92 Å². The summed E-state index contributed by atoms with van der Waals surface area (Å²) in [5.41, 5.74) is 3.91. The zero-order valence-corrected chi connectivity index (χ0v) is 16.6. The average molecular weight is 378 g/mol. The fourth-order valence-electron chi connectivity index (χ4n) is 2.48. The monoisotopic (exact) mass is 378 g/mol. The molecule has 6 nitrogen and oxygen atoms in total. The van der Waals surface area contributed by atoms with Crippen molar-refractivity contribution >= 4 is 34.6 Å². The Hall–Kier alpha value is -2.12. The molecule has 0 radical (unpaired) electrons. The lowest BCUT2D eigenvalue weighted by Crippen LogP contribution is -2.15. The predicted molar refractivity (Wildman–Crippen MR) is 105 cm³/mol. The number of nitrogens with zero attached hydrogens (tertiary/aromatic N) is 2. The second-order valence-corrected chi connectivity index (χ2v) is 7.47. The Morgan fingerprint density at radius 2 is 1.73 bits per heavy atom. The fraction of sp³-hybridized carbons (Fsp3) is 0.421. The van der Waals surface area contributed by atoms with E-state index >= 15 is 0 Å². The van der Waals surface area contributed by atoms with Gasteiger partial charge in [0.05, 0.1) is 5.52 Å². The maximum atomic E-state index is 9.10. The first kappa shape index (κ1) is 21.9. The van der Waals surface area contributed by atoms with Gasteiger partial charge in [0, 0.05) is 17.7 Å². The van der Waals surface area contributed by atoms with E-state index in [1.807, 2.05) is 11.8 Å².